The van der Waals surface area contributed by atoms with Gasteiger partial charge in [-0.3, -0.25) is 9.78 Å². The van der Waals surface area contributed by atoms with Gasteiger partial charge in [0.25, 0.3) is 0 Å². The molecule has 0 saturated carbocycles. The molecular weight excluding hydrogens is 639 g/mol. The smallest absolute Gasteiger partial charge is 0.309 e. The Kier molecular flexibility index (Phi) is 11.8. The molecule has 0 amide bonds. The first-order chi connectivity index (χ1) is 23.7. The van der Waals surface area contributed by atoms with Crippen LogP contribution in [-0.4, -0.2) is 21.2 Å². The molecular formula is C41H38ClFN2O4. The summed E-state index contributed by atoms with van der Waals surface area (Å²) in [5.74, 6) is -0.845. The van der Waals surface area contributed by atoms with Crippen molar-refractivity contribution in [2.45, 2.75) is 58.2 Å². The molecule has 0 aliphatic heterocycles. The molecule has 0 saturated heterocycles. The Balaban J connectivity index is 0.000000304. The van der Waals surface area contributed by atoms with Crippen LogP contribution in [-0.2, 0) is 30.7 Å². The first-order valence-electron chi connectivity index (χ1n) is 16.3. The number of fused-ring (bicyclic) bond motifs is 1. The van der Waals surface area contributed by atoms with Gasteiger partial charge >= 0.3 is 5.97 Å². The normalized spacial score (nSPS) is 14.5. The minimum atomic E-state index is -0.989. The third-order valence-corrected chi connectivity index (χ3v) is 9.31. The van der Waals surface area contributed by atoms with Crippen molar-refractivity contribution in [1.29, 1.82) is 5.26 Å². The number of aryl methyl sites for hydroxylation is 1. The molecule has 1 heterocycles. The van der Waals surface area contributed by atoms with Crippen molar-refractivity contribution in [3.63, 3.8) is 0 Å². The topological polar surface area (TPSA) is 103 Å². The maximum atomic E-state index is 14.5. The van der Waals surface area contributed by atoms with Crippen LogP contribution in [0.3, 0.4) is 0 Å². The number of halogens is 2. The predicted molar refractivity (Wildman–Crippen MR) is 189 cm³/mol. The number of aliphatic hydroxyl groups is 1. The summed E-state index contributed by atoms with van der Waals surface area (Å²) in [4.78, 5) is 14.7. The number of ether oxygens (including phenoxy) is 1. The number of aliphatic carboxylic acids is 1. The van der Waals surface area contributed by atoms with Gasteiger partial charge < -0.3 is 14.9 Å². The summed E-state index contributed by atoms with van der Waals surface area (Å²) in [5, 5.41) is 28.1. The third kappa shape index (κ3) is 8.53. The zero-order chi connectivity index (χ0) is 34.9. The summed E-state index contributed by atoms with van der Waals surface area (Å²) in [6, 6.07) is 29.9. The largest absolute Gasteiger partial charge is 0.489 e. The molecule has 250 valence electrons. The lowest BCUT2D eigenvalue weighted by Gasteiger charge is -2.18. The second-order valence-electron chi connectivity index (χ2n) is 12.2. The Morgan fingerprint density at radius 2 is 1.76 bits per heavy atom. The lowest BCUT2D eigenvalue weighted by molar-refractivity contribution is -0.145. The van der Waals surface area contributed by atoms with E-state index in [9.17, 15) is 14.3 Å². The zero-order valence-corrected chi connectivity index (χ0v) is 28.2. The Morgan fingerprint density at radius 3 is 2.47 bits per heavy atom. The highest BCUT2D eigenvalue weighted by Gasteiger charge is 2.27. The van der Waals surface area contributed by atoms with E-state index in [1.54, 1.807) is 48.8 Å². The SMILES string of the molecule is CC(C(=O)O)C(O)c1ccccc1.CCc1cc(Cl)c(C[C@H]2CCc3c(-c4ccccc4F)cccc32)cc1OCc1cncc(C#N)c1. The fourth-order valence-electron chi connectivity index (χ4n) is 6.22. The molecule has 0 bridgehead atoms. The first kappa shape index (κ1) is 35.3. The maximum Gasteiger partial charge on any atom is 0.309 e. The van der Waals surface area contributed by atoms with Gasteiger partial charge in [-0.15, -0.1) is 0 Å². The lowest BCUT2D eigenvalue weighted by atomic mass is 9.90. The highest BCUT2D eigenvalue weighted by atomic mass is 35.5. The number of aromatic nitrogens is 1. The van der Waals surface area contributed by atoms with Crippen LogP contribution in [0.25, 0.3) is 11.1 Å². The lowest BCUT2D eigenvalue weighted by Crippen LogP contribution is -2.18. The number of benzene rings is 4. The number of carboxylic acid groups (broad SMARTS) is 1. The number of rotatable bonds is 10. The van der Waals surface area contributed by atoms with Gasteiger partial charge in [0.1, 0.15) is 24.2 Å². The minimum absolute atomic E-state index is 0.190. The van der Waals surface area contributed by atoms with E-state index in [1.165, 1.54) is 24.1 Å². The number of aliphatic hydroxyl groups excluding tert-OH is 1. The van der Waals surface area contributed by atoms with Gasteiger partial charge in [-0.25, -0.2) is 4.39 Å². The summed E-state index contributed by atoms with van der Waals surface area (Å²) in [5.41, 5.74) is 8.23. The standard InChI is InChI=1S/C31H26ClFN2O.C10H12O3/c1-2-22-14-29(32)24(15-31(22)36-19-21-12-20(16-34)17-35-18-21)13-23-10-11-27-25(23)7-5-8-26(27)28-6-3-4-9-30(28)33;1-7(10(12)13)9(11)8-5-3-2-4-6-8/h3-9,12,14-15,17-18,23H,2,10-11,13,19H2,1H3;2-7,9,11H,1H3,(H,12,13)/t23-;/m1./s1. The number of hydrogen-bond acceptors (Lipinski definition) is 5. The molecule has 4 aromatic carbocycles. The van der Waals surface area contributed by atoms with Crippen molar-refractivity contribution >= 4 is 17.6 Å². The number of carbonyl (C=O) groups is 1. The van der Waals surface area contributed by atoms with Gasteiger partial charge in [0.05, 0.1) is 17.6 Å². The fraction of sp³-hybridized carbons (Fsp3) is 0.244. The molecule has 1 aliphatic carbocycles. The monoisotopic (exact) mass is 676 g/mol. The molecule has 8 heteroatoms. The van der Waals surface area contributed by atoms with Crippen LogP contribution < -0.4 is 4.74 Å². The van der Waals surface area contributed by atoms with E-state index in [1.807, 2.05) is 36.4 Å². The summed E-state index contributed by atoms with van der Waals surface area (Å²) in [6.07, 6.45) is 5.82. The molecule has 2 N–H and O–H groups in total. The molecule has 0 radical (unpaired) electrons. The van der Waals surface area contributed by atoms with Crippen LogP contribution in [0.15, 0.2) is 103 Å². The molecule has 1 aromatic heterocycles. The van der Waals surface area contributed by atoms with Crippen LogP contribution in [0.1, 0.15) is 71.2 Å². The second-order valence-corrected chi connectivity index (χ2v) is 12.6. The van der Waals surface area contributed by atoms with Crippen molar-refractivity contribution < 1.29 is 24.1 Å². The fourth-order valence-corrected chi connectivity index (χ4v) is 6.48. The van der Waals surface area contributed by atoms with E-state index >= 15 is 0 Å². The van der Waals surface area contributed by atoms with E-state index in [0.717, 1.165) is 58.7 Å². The molecule has 2 unspecified atom stereocenters. The minimum Gasteiger partial charge on any atom is -0.489 e. The number of nitriles is 1. The second kappa shape index (κ2) is 16.4. The predicted octanol–water partition coefficient (Wildman–Crippen LogP) is 9.27. The average molecular weight is 677 g/mol. The zero-order valence-electron chi connectivity index (χ0n) is 27.4. The number of carboxylic acids is 1. The summed E-state index contributed by atoms with van der Waals surface area (Å²) >= 11 is 6.74. The molecule has 0 fully saturated rings. The average Bonchev–Trinajstić information content (AvgIpc) is 3.54. The summed E-state index contributed by atoms with van der Waals surface area (Å²) < 4.78 is 20.7. The van der Waals surface area contributed by atoms with Crippen molar-refractivity contribution in [3.8, 4) is 22.9 Å². The Morgan fingerprint density at radius 1 is 1.02 bits per heavy atom. The van der Waals surface area contributed by atoms with Gasteiger partial charge in [-0.05, 0) is 96.2 Å². The van der Waals surface area contributed by atoms with Crippen molar-refractivity contribution in [3.05, 3.63) is 153 Å². The van der Waals surface area contributed by atoms with Crippen LogP contribution in [0.2, 0.25) is 5.02 Å². The number of pyridine rings is 1. The molecule has 6 rings (SSSR count). The molecule has 3 atom stereocenters. The number of nitrogens with zero attached hydrogens (tertiary/aromatic N) is 2. The van der Waals surface area contributed by atoms with Crippen molar-refractivity contribution in [1.82, 2.24) is 4.98 Å². The van der Waals surface area contributed by atoms with Gasteiger partial charge in [-0.2, -0.15) is 5.26 Å². The van der Waals surface area contributed by atoms with E-state index in [0.29, 0.717) is 29.2 Å². The third-order valence-electron chi connectivity index (χ3n) is 8.96. The highest BCUT2D eigenvalue weighted by Crippen LogP contribution is 2.42. The van der Waals surface area contributed by atoms with Crippen LogP contribution >= 0.6 is 11.6 Å². The van der Waals surface area contributed by atoms with Crippen molar-refractivity contribution in [2.24, 2.45) is 5.92 Å². The molecule has 0 spiro atoms. The van der Waals surface area contributed by atoms with Gasteiger partial charge in [-0.1, -0.05) is 85.3 Å². The molecule has 5 aromatic rings. The summed E-state index contributed by atoms with van der Waals surface area (Å²) in [7, 11) is 0. The van der Waals surface area contributed by atoms with Gasteiger partial charge in [0.15, 0.2) is 0 Å². The van der Waals surface area contributed by atoms with Gasteiger partial charge in [0, 0.05) is 28.5 Å². The van der Waals surface area contributed by atoms with Gasteiger partial charge in [0.2, 0.25) is 0 Å². The Labute approximate surface area is 291 Å². The van der Waals surface area contributed by atoms with E-state index < -0.39 is 18.0 Å². The molecule has 1 aliphatic rings. The Hall–Kier alpha value is -5.03. The first-order valence-corrected chi connectivity index (χ1v) is 16.7. The quantitative estimate of drug-likeness (QED) is 0.153. The van der Waals surface area contributed by atoms with Crippen LogP contribution in [0.5, 0.6) is 5.75 Å². The van der Waals surface area contributed by atoms with E-state index in [2.05, 4.69) is 30.1 Å². The van der Waals surface area contributed by atoms with E-state index in [4.69, 9.17) is 26.7 Å². The molecule has 49 heavy (non-hydrogen) atoms. The van der Waals surface area contributed by atoms with E-state index in [-0.39, 0.29) is 5.82 Å². The summed E-state index contributed by atoms with van der Waals surface area (Å²) in [6.45, 7) is 3.89. The van der Waals surface area contributed by atoms with Crippen LogP contribution in [0, 0.1) is 23.1 Å². The van der Waals surface area contributed by atoms with Crippen LogP contribution in [0.4, 0.5) is 4.39 Å². The Bertz CT molecular complexity index is 1960. The number of hydrogen-bond donors (Lipinski definition) is 2. The highest BCUT2D eigenvalue weighted by molar-refractivity contribution is 6.31. The van der Waals surface area contributed by atoms with Crippen molar-refractivity contribution in [2.75, 3.05) is 0 Å². The maximum absolute atomic E-state index is 14.5. The molecule has 6 nitrogen and oxygen atoms in total.